The van der Waals surface area contributed by atoms with Crippen molar-refractivity contribution in [2.75, 3.05) is 34.3 Å². The van der Waals surface area contributed by atoms with E-state index in [1.807, 2.05) is 13.8 Å². The number of likely N-dealkylation sites (N-methyl/N-ethyl adjacent to an activating group) is 1. The number of esters is 1. The Morgan fingerprint density at radius 2 is 1.71 bits per heavy atom. The number of carbonyl (C=O) groups excluding carboxylic acids is 1. The molecule has 6 heteroatoms. The lowest BCUT2D eigenvalue weighted by Gasteiger charge is -2.25. The molecule has 0 heterocycles. The molecule has 0 aliphatic heterocycles. The smallest absolute Gasteiger partial charge is 0.312 e. The van der Waals surface area contributed by atoms with Crippen molar-refractivity contribution in [1.82, 2.24) is 0 Å². The molecule has 0 aromatic rings. The van der Waals surface area contributed by atoms with Gasteiger partial charge in [-0.25, -0.2) is 0 Å². The van der Waals surface area contributed by atoms with Gasteiger partial charge < -0.3 is 39.8 Å². The summed E-state index contributed by atoms with van der Waals surface area (Å²) in [5.74, 6) is 0.271. The minimum atomic E-state index is -0.128. The third-order valence-corrected chi connectivity index (χ3v) is 1.84. The largest absolute Gasteiger partial charge is 1.00 e. The first-order chi connectivity index (χ1) is 6.70. The first-order valence-corrected chi connectivity index (χ1v) is 5.50. The van der Waals surface area contributed by atoms with E-state index in [1.54, 1.807) is 0 Å². The molecular weight excluding hydrogens is 263 g/mol. The minimum absolute atomic E-state index is 0. The predicted octanol–water partition coefficient (Wildman–Crippen LogP) is -6.10. The molecule has 0 saturated carbocycles. The average molecular weight is 289 g/mol. The first-order valence-electron chi connectivity index (χ1n) is 5.50. The van der Waals surface area contributed by atoms with E-state index in [0.717, 1.165) is 11.0 Å². The molecule has 0 fully saturated rings. The highest BCUT2D eigenvalue weighted by Crippen LogP contribution is 1.99. The third kappa shape index (κ3) is 16.0. The first kappa shape index (κ1) is 22.2. The Hall–Kier alpha value is -0.0300. The molecule has 0 saturated heterocycles. The van der Waals surface area contributed by atoms with Crippen LogP contribution in [-0.4, -0.2) is 50.8 Å². The Bertz CT molecular complexity index is 206. The Kier molecular flexibility index (Phi) is 13.0. The van der Waals surface area contributed by atoms with Gasteiger partial charge in [-0.2, -0.15) is 0 Å². The van der Waals surface area contributed by atoms with E-state index in [0.29, 0.717) is 18.9 Å². The Balaban J connectivity index is -0.000000980. The molecule has 17 heavy (non-hydrogen) atoms. The highest BCUT2D eigenvalue weighted by atomic mass is 35.5. The van der Waals surface area contributed by atoms with Gasteiger partial charge in [-0.05, 0) is 5.92 Å². The standard InChI is InChI=1S/C11H25N2O2.2ClH/c1-9(2)8-15-11(14)6-10(12)7-13(3,4)5;;/h9-10H,6-8,12H2,1-5H3;2*1H/q+1;;/p-1/t10-;;/m1../s1. The van der Waals surface area contributed by atoms with Crippen molar-refractivity contribution in [3.63, 3.8) is 0 Å². The number of nitrogens with zero attached hydrogens (tertiary/aromatic N) is 1. The molecule has 0 aliphatic rings. The van der Waals surface area contributed by atoms with Crippen molar-refractivity contribution in [2.24, 2.45) is 5.92 Å². The van der Waals surface area contributed by atoms with Gasteiger partial charge in [0.2, 0.25) is 0 Å². The van der Waals surface area contributed by atoms with E-state index in [9.17, 15) is 4.79 Å². The number of quaternary nitrogens is 2. The van der Waals surface area contributed by atoms with E-state index in [4.69, 9.17) is 4.74 Å². The van der Waals surface area contributed by atoms with Gasteiger partial charge in [0.25, 0.3) is 0 Å². The number of hydrogen-bond donors (Lipinski definition) is 1. The van der Waals surface area contributed by atoms with E-state index < -0.39 is 0 Å². The van der Waals surface area contributed by atoms with Gasteiger partial charge in [-0.3, -0.25) is 4.79 Å². The molecule has 0 bridgehead atoms. The zero-order valence-electron chi connectivity index (χ0n) is 11.5. The van der Waals surface area contributed by atoms with Crippen LogP contribution in [0.2, 0.25) is 0 Å². The topological polar surface area (TPSA) is 53.9 Å². The van der Waals surface area contributed by atoms with Gasteiger partial charge in [0.05, 0.1) is 27.7 Å². The van der Waals surface area contributed by atoms with Crippen LogP contribution in [0.5, 0.6) is 0 Å². The van der Waals surface area contributed by atoms with Crippen LogP contribution in [0, 0.1) is 5.92 Å². The zero-order valence-corrected chi connectivity index (χ0v) is 13.0. The molecule has 0 aliphatic carbocycles. The number of hydrogen-bond acceptors (Lipinski definition) is 2. The van der Waals surface area contributed by atoms with Crippen LogP contribution in [0.25, 0.3) is 0 Å². The van der Waals surface area contributed by atoms with Crippen LogP contribution in [0.3, 0.4) is 0 Å². The summed E-state index contributed by atoms with van der Waals surface area (Å²) in [6, 6.07) is 0.129. The van der Waals surface area contributed by atoms with Gasteiger partial charge in [0, 0.05) is 0 Å². The van der Waals surface area contributed by atoms with Crippen molar-refractivity contribution < 1.29 is 44.6 Å². The average Bonchev–Trinajstić information content (AvgIpc) is 1.96. The molecule has 4 nitrogen and oxygen atoms in total. The maximum absolute atomic E-state index is 11.4. The molecule has 0 radical (unpaired) electrons. The lowest BCUT2D eigenvalue weighted by Crippen LogP contribution is -3.00. The zero-order chi connectivity index (χ0) is 12.1. The summed E-state index contributed by atoms with van der Waals surface area (Å²) in [7, 11) is 6.28. The second-order valence-electron chi connectivity index (χ2n) is 5.62. The van der Waals surface area contributed by atoms with Crippen LogP contribution >= 0.6 is 0 Å². The number of rotatable bonds is 6. The molecule has 1 atom stereocenters. The Morgan fingerprint density at radius 3 is 2.06 bits per heavy atom. The second-order valence-corrected chi connectivity index (χ2v) is 5.62. The Morgan fingerprint density at radius 1 is 1.24 bits per heavy atom. The fourth-order valence-corrected chi connectivity index (χ4v) is 1.39. The van der Waals surface area contributed by atoms with Gasteiger partial charge >= 0.3 is 5.97 Å². The minimum Gasteiger partial charge on any atom is -1.00 e. The summed E-state index contributed by atoms with van der Waals surface area (Å²) in [5, 5.41) is 0. The molecule has 3 N–H and O–H groups in total. The maximum Gasteiger partial charge on any atom is 0.312 e. The fraction of sp³-hybridized carbons (Fsp3) is 0.909. The molecule has 0 unspecified atom stereocenters. The Labute approximate surface area is 117 Å². The monoisotopic (exact) mass is 288 g/mol. The number of ether oxygens (including phenoxy) is 1. The van der Waals surface area contributed by atoms with Gasteiger partial charge in [-0.1, -0.05) is 13.8 Å². The molecule has 0 aromatic heterocycles. The number of halogens is 2. The van der Waals surface area contributed by atoms with Crippen LogP contribution in [0.15, 0.2) is 0 Å². The second kappa shape index (κ2) is 9.95. The van der Waals surface area contributed by atoms with E-state index in [1.165, 1.54) is 0 Å². The number of carbonyl (C=O) groups is 1. The van der Waals surface area contributed by atoms with Crippen LogP contribution in [0.1, 0.15) is 20.3 Å². The molecule has 0 aromatic carbocycles. The molecular formula is C11H26Cl2N2O2. The van der Waals surface area contributed by atoms with Crippen LogP contribution in [-0.2, 0) is 9.53 Å². The lowest BCUT2D eigenvalue weighted by molar-refractivity contribution is -0.880. The summed E-state index contributed by atoms with van der Waals surface area (Å²) in [5.41, 5.74) is 3.97. The van der Waals surface area contributed by atoms with Crippen LogP contribution in [0.4, 0.5) is 0 Å². The maximum atomic E-state index is 11.4. The van der Waals surface area contributed by atoms with Gasteiger partial charge in [0.15, 0.2) is 0 Å². The fourth-order valence-electron chi connectivity index (χ4n) is 1.39. The van der Waals surface area contributed by atoms with E-state index in [-0.39, 0.29) is 36.8 Å². The summed E-state index contributed by atoms with van der Waals surface area (Å²) < 4.78 is 5.93. The quantitative estimate of drug-likeness (QED) is 0.391. The highest BCUT2D eigenvalue weighted by Gasteiger charge is 2.21. The molecule has 106 valence electrons. The van der Waals surface area contributed by atoms with Crippen molar-refractivity contribution in [1.29, 1.82) is 0 Å². The molecule has 0 amide bonds. The SMILES string of the molecule is CC(C)COC(=O)C[C@@H]([NH3+])C[N+](C)(C)C.[Cl-].[Cl-]. The van der Waals surface area contributed by atoms with Crippen molar-refractivity contribution in [3.05, 3.63) is 0 Å². The summed E-state index contributed by atoms with van der Waals surface area (Å²) >= 11 is 0. The lowest BCUT2D eigenvalue weighted by atomic mass is 10.2. The summed E-state index contributed by atoms with van der Waals surface area (Å²) in [6.07, 6.45) is 0.419. The van der Waals surface area contributed by atoms with Crippen molar-refractivity contribution in [3.8, 4) is 0 Å². The summed E-state index contributed by atoms with van der Waals surface area (Å²) in [4.78, 5) is 11.4. The predicted molar refractivity (Wildman–Crippen MR) is 60.0 cm³/mol. The van der Waals surface area contributed by atoms with E-state index in [2.05, 4.69) is 26.9 Å². The van der Waals surface area contributed by atoms with Crippen molar-refractivity contribution >= 4 is 5.97 Å². The van der Waals surface area contributed by atoms with Gasteiger partial charge in [0.1, 0.15) is 19.0 Å². The van der Waals surface area contributed by atoms with Crippen molar-refractivity contribution in [2.45, 2.75) is 26.3 Å². The summed E-state index contributed by atoms with van der Waals surface area (Å²) in [6.45, 7) is 5.45. The third-order valence-electron chi connectivity index (χ3n) is 1.84. The normalized spacial score (nSPS) is 12.4. The highest BCUT2D eigenvalue weighted by molar-refractivity contribution is 5.69. The molecule has 0 spiro atoms. The van der Waals surface area contributed by atoms with E-state index >= 15 is 0 Å². The van der Waals surface area contributed by atoms with Crippen LogP contribution < -0.4 is 30.5 Å². The van der Waals surface area contributed by atoms with Gasteiger partial charge in [-0.15, -0.1) is 0 Å². The molecule has 0 rings (SSSR count).